The van der Waals surface area contributed by atoms with Crippen molar-refractivity contribution in [3.8, 4) is 0 Å². The number of rotatable bonds is 1. The molecule has 0 aliphatic heterocycles. The molecule has 5 nitrogen and oxygen atoms in total. The lowest BCUT2D eigenvalue weighted by molar-refractivity contribution is 0.975. The van der Waals surface area contributed by atoms with Crippen molar-refractivity contribution in [1.29, 1.82) is 5.53 Å². The average Bonchev–Trinajstić information content (AvgIpc) is 2.14. The Balaban J connectivity index is 3.00. The molecule has 0 aliphatic rings. The van der Waals surface area contributed by atoms with Crippen LogP contribution >= 0.6 is 12.6 Å². The van der Waals surface area contributed by atoms with Crippen LogP contribution < -0.4 is 0 Å². The molecule has 0 atom stereocenters. The summed E-state index contributed by atoms with van der Waals surface area (Å²) in [5.41, 5.74) is 6.41. The second kappa shape index (κ2) is 1.91. The maximum atomic E-state index is 6.41. The van der Waals surface area contributed by atoms with E-state index in [9.17, 15) is 0 Å². The quantitative estimate of drug-likeness (QED) is 0.386. The van der Waals surface area contributed by atoms with Crippen molar-refractivity contribution >= 4 is 18.6 Å². The average molecular weight is 129 g/mol. The zero-order valence-corrected chi connectivity index (χ0v) is 4.68. The molecule has 1 aromatic heterocycles. The molecule has 2 N–H and O–H groups in total. The van der Waals surface area contributed by atoms with Crippen LogP contribution in [0.25, 0.3) is 0 Å². The van der Waals surface area contributed by atoms with Crippen LogP contribution in [0.3, 0.4) is 0 Å². The Kier molecular flexibility index (Phi) is 1.25. The van der Waals surface area contributed by atoms with Crippen LogP contribution in [0.15, 0.2) is 10.3 Å². The SMILES string of the molecule is N=Nc1nc(S)n[nH]1. The summed E-state index contributed by atoms with van der Waals surface area (Å²) in [7, 11) is 0. The van der Waals surface area contributed by atoms with E-state index in [4.69, 9.17) is 5.53 Å². The number of nitrogens with zero attached hydrogens (tertiary/aromatic N) is 3. The van der Waals surface area contributed by atoms with Crippen LogP contribution in [0.4, 0.5) is 5.95 Å². The number of hydrogen-bond acceptors (Lipinski definition) is 5. The van der Waals surface area contributed by atoms with Gasteiger partial charge in [-0.25, -0.2) is 10.6 Å². The van der Waals surface area contributed by atoms with E-state index in [0.29, 0.717) is 5.16 Å². The zero-order chi connectivity index (χ0) is 5.98. The predicted molar refractivity (Wildman–Crippen MR) is 28.4 cm³/mol. The molecule has 0 saturated carbocycles. The summed E-state index contributed by atoms with van der Waals surface area (Å²) in [6.45, 7) is 0. The second-order valence-corrected chi connectivity index (χ2v) is 1.47. The molecule has 0 radical (unpaired) electrons. The molecule has 0 aromatic carbocycles. The minimum Gasteiger partial charge on any atom is -0.241 e. The first-order valence-electron chi connectivity index (χ1n) is 1.82. The summed E-state index contributed by atoms with van der Waals surface area (Å²) in [4.78, 5) is 3.57. The third-order valence-electron chi connectivity index (χ3n) is 0.568. The van der Waals surface area contributed by atoms with E-state index in [1.165, 1.54) is 0 Å². The molecule has 0 aliphatic carbocycles. The summed E-state index contributed by atoms with van der Waals surface area (Å²) >= 11 is 3.76. The standard InChI is InChI=1S/C2H3N5S/c3-5-1-4-2(8)7-6-1/h3H,(H2,4,6,7,8). The Hall–Kier alpha value is -0.910. The predicted octanol–water partition coefficient (Wildman–Crippen LogP) is 0.756. The van der Waals surface area contributed by atoms with Crippen molar-refractivity contribution in [3.63, 3.8) is 0 Å². The van der Waals surface area contributed by atoms with Gasteiger partial charge in [0.05, 0.1) is 0 Å². The van der Waals surface area contributed by atoms with Gasteiger partial charge in [-0.05, 0) is 0 Å². The van der Waals surface area contributed by atoms with Gasteiger partial charge in [-0.1, -0.05) is 0 Å². The van der Waals surface area contributed by atoms with Crippen molar-refractivity contribution < 1.29 is 0 Å². The monoisotopic (exact) mass is 129 g/mol. The van der Waals surface area contributed by atoms with Crippen molar-refractivity contribution in [2.24, 2.45) is 5.11 Å². The first-order valence-corrected chi connectivity index (χ1v) is 2.26. The van der Waals surface area contributed by atoms with Crippen LogP contribution in [-0.4, -0.2) is 15.2 Å². The van der Waals surface area contributed by atoms with Gasteiger partial charge in [0.1, 0.15) is 0 Å². The Labute approximate surface area is 50.4 Å². The third kappa shape index (κ3) is 0.836. The van der Waals surface area contributed by atoms with Gasteiger partial charge < -0.3 is 0 Å². The van der Waals surface area contributed by atoms with Gasteiger partial charge >= 0.3 is 0 Å². The van der Waals surface area contributed by atoms with E-state index < -0.39 is 0 Å². The maximum absolute atomic E-state index is 6.41. The number of H-pyrrole nitrogens is 1. The Morgan fingerprint density at radius 1 is 1.75 bits per heavy atom. The van der Waals surface area contributed by atoms with E-state index in [1.807, 2.05) is 0 Å². The fourth-order valence-electron chi connectivity index (χ4n) is 0.295. The van der Waals surface area contributed by atoms with Gasteiger partial charge in [0.25, 0.3) is 5.95 Å². The molecular weight excluding hydrogens is 126 g/mol. The van der Waals surface area contributed by atoms with Crippen LogP contribution in [0.2, 0.25) is 0 Å². The summed E-state index contributed by atoms with van der Waals surface area (Å²) in [5, 5.41) is 9.13. The van der Waals surface area contributed by atoms with Gasteiger partial charge in [0.15, 0.2) is 0 Å². The fraction of sp³-hybridized carbons (Fsp3) is 0. The van der Waals surface area contributed by atoms with Crippen LogP contribution in [0.5, 0.6) is 0 Å². The first-order chi connectivity index (χ1) is 3.83. The molecule has 0 bridgehead atoms. The van der Waals surface area contributed by atoms with Gasteiger partial charge in [0, 0.05) is 0 Å². The van der Waals surface area contributed by atoms with E-state index >= 15 is 0 Å². The van der Waals surface area contributed by atoms with Gasteiger partial charge in [-0.2, -0.15) is 4.98 Å². The molecule has 0 amide bonds. The normalized spacial score (nSPS) is 9.12. The van der Waals surface area contributed by atoms with Crippen LogP contribution in [-0.2, 0) is 0 Å². The lowest BCUT2D eigenvalue weighted by Crippen LogP contribution is -1.62. The molecule has 0 unspecified atom stereocenters. The highest BCUT2D eigenvalue weighted by molar-refractivity contribution is 7.80. The molecule has 1 rings (SSSR count). The summed E-state index contributed by atoms with van der Waals surface area (Å²) in [6, 6.07) is 0. The minimum absolute atomic E-state index is 0.176. The van der Waals surface area contributed by atoms with Gasteiger partial charge in [-0.15, -0.1) is 22.8 Å². The van der Waals surface area contributed by atoms with Gasteiger partial charge in [0.2, 0.25) is 5.16 Å². The molecular formula is C2H3N5S. The number of aromatic amines is 1. The molecule has 1 aromatic rings. The second-order valence-electron chi connectivity index (χ2n) is 1.07. The largest absolute Gasteiger partial charge is 0.265 e. The number of thiol groups is 1. The van der Waals surface area contributed by atoms with Crippen molar-refractivity contribution in [3.05, 3.63) is 0 Å². The minimum atomic E-state index is 0.176. The molecule has 6 heteroatoms. The highest BCUT2D eigenvalue weighted by atomic mass is 32.1. The zero-order valence-electron chi connectivity index (χ0n) is 3.79. The molecule has 42 valence electrons. The lowest BCUT2D eigenvalue weighted by atomic mass is 11.1. The Bertz CT molecular complexity index is 192. The Morgan fingerprint density at radius 2 is 2.50 bits per heavy atom. The van der Waals surface area contributed by atoms with E-state index in [2.05, 4.69) is 32.9 Å². The van der Waals surface area contributed by atoms with Crippen molar-refractivity contribution in [2.75, 3.05) is 0 Å². The van der Waals surface area contributed by atoms with Crippen LogP contribution in [0, 0.1) is 5.53 Å². The van der Waals surface area contributed by atoms with Crippen LogP contribution in [0.1, 0.15) is 0 Å². The van der Waals surface area contributed by atoms with E-state index in [1.54, 1.807) is 0 Å². The van der Waals surface area contributed by atoms with Crippen molar-refractivity contribution in [1.82, 2.24) is 15.2 Å². The smallest absolute Gasteiger partial charge is 0.241 e. The van der Waals surface area contributed by atoms with Gasteiger partial charge in [-0.3, -0.25) is 0 Å². The molecule has 0 saturated heterocycles. The summed E-state index contributed by atoms with van der Waals surface area (Å²) in [6.07, 6.45) is 0. The third-order valence-corrected chi connectivity index (χ3v) is 0.768. The topological polar surface area (TPSA) is 77.8 Å². The molecule has 1 heterocycles. The fourth-order valence-corrected chi connectivity index (χ4v) is 0.439. The summed E-state index contributed by atoms with van der Waals surface area (Å²) in [5.74, 6) is 0.176. The Morgan fingerprint density at radius 3 is 2.75 bits per heavy atom. The maximum Gasteiger partial charge on any atom is 0.265 e. The highest BCUT2D eigenvalue weighted by Gasteiger charge is 1.92. The lowest BCUT2D eigenvalue weighted by Gasteiger charge is -1.69. The number of aromatic nitrogens is 3. The first kappa shape index (κ1) is 5.23. The molecule has 0 fully saturated rings. The number of nitrogens with one attached hydrogen (secondary N) is 2. The summed E-state index contributed by atoms with van der Waals surface area (Å²) < 4.78 is 0. The van der Waals surface area contributed by atoms with E-state index in [-0.39, 0.29) is 5.95 Å². The molecule has 0 spiro atoms. The van der Waals surface area contributed by atoms with E-state index in [0.717, 1.165) is 0 Å². The number of hydrogen-bond donors (Lipinski definition) is 3. The van der Waals surface area contributed by atoms with Crippen molar-refractivity contribution in [2.45, 2.75) is 5.16 Å². The highest BCUT2D eigenvalue weighted by Crippen LogP contribution is 2.02. The molecule has 8 heavy (non-hydrogen) atoms.